The lowest BCUT2D eigenvalue weighted by atomic mass is 10.2. The van der Waals surface area contributed by atoms with Gasteiger partial charge in [-0.3, -0.25) is 9.52 Å². The Labute approximate surface area is 197 Å². The van der Waals surface area contributed by atoms with E-state index in [-0.39, 0.29) is 21.5 Å². The number of carbonyl (C=O) groups is 1. The van der Waals surface area contributed by atoms with Gasteiger partial charge in [-0.05, 0) is 55.0 Å². The fraction of sp³-hybridized carbons (Fsp3) is 0.174. The van der Waals surface area contributed by atoms with Crippen LogP contribution in [0.3, 0.4) is 0 Å². The van der Waals surface area contributed by atoms with Crippen molar-refractivity contribution in [3.63, 3.8) is 0 Å². The van der Waals surface area contributed by atoms with Crippen LogP contribution in [0.2, 0.25) is 10.0 Å². The Morgan fingerprint density at radius 2 is 1.75 bits per heavy atom. The van der Waals surface area contributed by atoms with E-state index in [1.807, 2.05) is 24.3 Å². The summed E-state index contributed by atoms with van der Waals surface area (Å²) < 4.78 is 28.0. The van der Waals surface area contributed by atoms with Gasteiger partial charge in [-0.2, -0.15) is 0 Å². The number of nitrogens with zero attached hydrogens (tertiary/aromatic N) is 1. The highest BCUT2D eigenvalue weighted by Gasteiger charge is 2.26. The van der Waals surface area contributed by atoms with Gasteiger partial charge in [0.2, 0.25) is 0 Å². The number of nitrogens with one attached hydrogen (secondary N) is 2. The second kappa shape index (κ2) is 9.40. The van der Waals surface area contributed by atoms with E-state index in [1.165, 1.54) is 18.2 Å². The number of amides is 1. The van der Waals surface area contributed by atoms with E-state index in [0.29, 0.717) is 17.3 Å². The fourth-order valence-electron chi connectivity index (χ4n) is 3.61. The molecule has 3 aromatic carbocycles. The Bertz CT molecular complexity index is 1240. The maximum absolute atomic E-state index is 12.9. The van der Waals surface area contributed by atoms with Crippen LogP contribution in [-0.4, -0.2) is 33.5 Å². The van der Waals surface area contributed by atoms with Gasteiger partial charge in [-0.1, -0.05) is 47.5 Å². The van der Waals surface area contributed by atoms with E-state index in [2.05, 4.69) is 14.9 Å². The Morgan fingerprint density at radius 3 is 2.50 bits per heavy atom. The quantitative estimate of drug-likeness (QED) is 0.520. The van der Waals surface area contributed by atoms with Crippen molar-refractivity contribution < 1.29 is 13.2 Å². The second-order valence-corrected chi connectivity index (χ2v) is 10.0. The molecule has 1 aliphatic heterocycles. The molecule has 0 aromatic heterocycles. The van der Waals surface area contributed by atoms with Crippen LogP contribution in [0, 0.1) is 0 Å². The highest BCUT2D eigenvalue weighted by molar-refractivity contribution is 7.92. The zero-order chi connectivity index (χ0) is 22.7. The van der Waals surface area contributed by atoms with Crippen LogP contribution in [0.25, 0.3) is 0 Å². The molecule has 1 unspecified atom stereocenters. The lowest BCUT2D eigenvalue weighted by Gasteiger charge is -2.19. The number of hydrogen-bond acceptors (Lipinski definition) is 4. The third-order valence-corrected chi connectivity index (χ3v) is 7.16. The van der Waals surface area contributed by atoms with Crippen LogP contribution in [0.1, 0.15) is 16.8 Å². The van der Waals surface area contributed by atoms with Gasteiger partial charge in [0, 0.05) is 35.5 Å². The normalized spacial score (nSPS) is 16.1. The molecule has 1 fully saturated rings. The topological polar surface area (TPSA) is 78.5 Å². The summed E-state index contributed by atoms with van der Waals surface area (Å²) >= 11 is 12.3. The van der Waals surface area contributed by atoms with Crippen molar-refractivity contribution in [1.82, 2.24) is 5.32 Å². The zero-order valence-electron chi connectivity index (χ0n) is 17.0. The van der Waals surface area contributed by atoms with Crippen molar-refractivity contribution in [2.75, 3.05) is 22.7 Å². The molecule has 32 heavy (non-hydrogen) atoms. The number of sulfonamides is 1. The minimum Gasteiger partial charge on any atom is -0.369 e. The molecule has 0 spiro atoms. The minimum atomic E-state index is -3.87. The summed E-state index contributed by atoms with van der Waals surface area (Å²) in [5.74, 6) is -0.412. The van der Waals surface area contributed by atoms with Gasteiger partial charge in [-0.15, -0.1) is 0 Å². The Kier molecular flexibility index (Phi) is 6.60. The molecule has 4 rings (SSSR count). The van der Waals surface area contributed by atoms with Crippen molar-refractivity contribution in [3.8, 4) is 0 Å². The second-order valence-electron chi connectivity index (χ2n) is 7.50. The van der Waals surface area contributed by atoms with E-state index < -0.39 is 15.9 Å². The molecule has 166 valence electrons. The number of hydrogen-bond donors (Lipinski definition) is 2. The molecule has 3 aromatic rings. The number of carbonyl (C=O) groups excluding carboxylic acids is 1. The van der Waals surface area contributed by atoms with Crippen LogP contribution in [0.15, 0.2) is 77.7 Å². The molecule has 2 N–H and O–H groups in total. The van der Waals surface area contributed by atoms with Crippen LogP contribution in [-0.2, 0) is 10.0 Å². The van der Waals surface area contributed by atoms with Gasteiger partial charge in [0.15, 0.2) is 0 Å². The van der Waals surface area contributed by atoms with E-state index in [9.17, 15) is 13.2 Å². The van der Waals surface area contributed by atoms with Gasteiger partial charge in [0.05, 0.1) is 15.5 Å². The monoisotopic (exact) mass is 489 g/mol. The first-order valence-electron chi connectivity index (χ1n) is 10.0. The Hall–Kier alpha value is -2.74. The molecular formula is C23H21Cl2N3O3S. The molecular weight excluding hydrogens is 469 g/mol. The number of benzene rings is 3. The van der Waals surface area contributed by atoms with Crippen LogP contribution >= 0.6 is 23.2 Å². The van der Waals surface area contributed by atoms with Crippen molar-refractivity contribution in [3.05, 3.63) is 88.4 Å². The standard InChI is InChI=1S/C23H21Cl2N3O3S/c24-16-5-4-8-19(13-16)28-12-11-18(15-28)26-23(29)21-14-20(9-10-22(21)25)32(30,31)27-17-6-2-1-3-7-17/h1-10,13-14,18,27H,11-12,15H2,(H,26,29). The maximum Gasteiger partial charge on any atom is 0.261 e. The molecule has 0 radical (unpaired) electrons. The molecule has 0 aliphatic carbocycles. The summed E-state index contributed by atoms with van der Waals surface area (Å²) in [4.78, 5) is 15.0. The van der Waals surface area contributed by atoms with Crippen LogP contribution in [0.4, 0.5) is 11.4 Å². The molecule has 9 heteroatoms. The van der Waals surface area contributed by atoms with Crippen molar-refractivity contribution in [2.24, 2.45) is 0 Å². The average Bonchev–Trinajstić information content (AvgIpc) is 3.23. The van der Waals surface area contributed by atoms with Gasteiger partial charge >= 0.3 is 0 Å². The highest BCUT2D eigenvalue weighted by Crippen LogP contribution is 2.25. The number of para-hydroxylation sites is 1. The predicted octanol–water partition coefficient (Wildman–Crippen LogP) is 4.80. The maximum atomic E-state index is 12.9. The first-order valence-corrected chi connectivity index (χ1v) is 12.2. The molecule has 1 heterocycles. The molecule has 1 amide bonds. The van der Waals surface area contributed by atoms with Crippen molar-refractivity contribution >= 4 is 50.5 Å². The molecule has 1 atom stereocenters. The smallest absolute Gasteiger partial charge is 0.261 e. The molecule has 1 saturated heterocycles. The minimum absolute atomic E-state index is 0.0390. The van der Waals surface area contributed by atoms with E-state index in [0.717, 1.165) is 18.7 Å². The third-order valence-electron chi connectivity index (χ3n) is 5.22. The number of halogens is 2. The van der Waals surface area contributed by atoms with E-state index in [4.69, 9.17) is 23.2 Å². The lowest BCUT2D eigenvalue weighted by Crippen LogP contribution is -2.37. The third kappa shape index (κ3) is 5.18. The molecule has 1 aliphatic rings. The molecule has 0 saturated carbocycles. The zero-order valence-corrected chi connectivity index (χ0v) is 19.3. The lowest BCUT2D eigenvalue weighted by molar-refractivity contribution is 0.0940. The first-order chi connectivity index (χ1) is 15.3. The SMILES string of the molecule is O=C(NC1CCN(c2cccc(Cl)c2)C1)c1cc(S(=O)(=O)Nc2ccccc2)ccc1Cl. The predicted molar refractivity (Wildman–Crippen MR) is 128 cm³/mol. The van der Waals surface area contributed by atoms with Crippen molar-refractivity contribution in [1.29, 1.82) is 0 Å². The number of anilines is 2. The fourth-order valence-corrected chi connectivity index (χ4v) is 5.09. The van der Waals surface area contributed by atoms with Crippen LogP contribution in [0.5, 0.6) is 0 Å². The van der Waals surface area contributed by atoms with Gasteiger partial charge < -0.3 is 10.2 Å². The summed E-state index contributed by atoms with van der Waals surface area (Å²) in [7, 11) is -3.87. The molecule has 0 bridgehead atoms. The summed E-state index contributed by atoms with van der Waals surface area (Å²) in [6, 6.07) is 20.1. The molecule has 6 nitrogen and oxygen atoms in total. The summed E-state index contributed by atoms with van der Waals surface area (Å²) in [6.07, 6.45) is 0.753. The first kappa shape index (κ1) is 22.5. The largest absolute Gasteiger partial charge is 0.369 e. The summed E-state index contributed by atoms with van der Waals surface area (Å²) in [5.41, 5.74) is 1.54. The van der Waals surface area contributed by atoms with Crippen molar-refractivity contribution in [2.45, 2.75) is 17.4 Å². The van der Waals surface area contributed by atoms with E-state index in [1.54, 1.807) is 30.3 Å². The van der Waals surface area contributed by atoms with Gasteiger partial charge in [-0.25, -0.2) is 8.42 Å². The summed E-state index contributed by atoms with van der Waals surface area (Å²) in [6.45, 7) is 1.39. The summed E-state index contributed by atoms with van der Waals surface area (Å²) in [5, 5.41) is 3.81. The number of rotatable bonds is 6. The van der Waals surface area contributed by atoms with E-state index >= 15 is 0 Å². The van der Waals surface area contributed by atoms with Crippen LogP contribution < -0.4 is 14.9 Å². The van der Waals surface area contributed by atoms with Gasteiger partial charge in [0.25, 0.3) is 15.9 Å². The Morgan fingerprint density at radius 1 is 0.969 bits per heavy atom. The van der Waals surface area contributed by atoms with Gasteiger partial charge in [0.1, 0.15) is 0 Å². The average molecular weight is 490 g/mol. The Balaban J connectivity index is 1.47. The highest BCUT2D eigenvalue weighted by atomic mass is 35.5.